The zero-order chi connectivity index (χ0) is 9.83. The van der Waals surface area contributed by atoms with Crippen LogP contribution >= 0.6 is 0 Å². The highest BCUT2D eigenvalue weighted by Crippen LogP contribution is 2.34. The van der Waals surface area contributed by atoms with Crippen molar-refractivity contribution in [1.82, 2.24) is 0 Å². The van der Waals surface area contributed by atoms with Gasteiger partial charge < -0.3 is 4.74 Å². The highest BCUT2D eigenvalue weighted by Gasteiger charge is 2.46. The van der Waals surface area contributed by atoms with Crippen LogP contribution in [0.2, 0.25) is 0 Å². The van der Waals surface area contributed by atoms with Crippen molar-refractivity contribution in [2.45, 2.75) is 38.8 Å². The average Bonchev–Trinajstić information content (AvgIpc) is 1.85. The van der Waals surface area contributed by atoms with E-state index in [4.69, 9.17) is 4.74 Å². The van der Waals surface area contributed by atoms with Crippen LogP contribution in [0.25, 0.3) is 0 Å². The monoisotopic (exact) mass is 184 g/mol. The SMILES string of the molecule is CCOCCC(C)(F)C(C)(F)F. The zero-order valence-electron chi connectivity index (χ0n) is 7.66. The molecule has 1 unspecified atom stereocenters. The molecule has 0 radical (unpaired) electrons. The zero-order valence-corrected chi connectivity index (χ0v) is 7.66. The van der Waals surface area contributed by atoms with Gasteiger partial charge >= 0.3 is 0 Å². The van der Waals surface area contributed by atoms with E-state index in [1.807, 2.05) is 0 Å². The summed E-state index contributed by atoms with van der Waals surface area (Å²) in [7, 11) is 0. The number of halogens is 3. The molecule has 0 aliphatic carbocycles. The van der Waals surface area contributed by atoms with E-state index in [-0.39, 0.29) is 13.0 Å². The van der Waals surface area contributed by atoms with E-state index in [1.165, 1.54) is 0 Å². The molecule has 4 heteroatoms. The van der Waals surface area contributed by atoms with Crippen molar-refractivity contribution in [2.24, 2.45) is 0 Å². The minimum atomic E-state index is -3.30. The lowest BCUT2D eigenvalue weighted by Crippen LogP contribution is -2.39. The van der Waals surface area contributed by atoms with E-state index in [0.717, 1.165) is 6.92 Å². The molecule has 12 heavy (non-hydrogen) atoms. The van der Waals surface area contributed by atoms with E-state index in [2.05, 4.69) is 0 Å². The summed E-state index contributed by atoms with van der Waals surface area (Å²) < 4.78 is 42.9. The summed E-state index contributed by atoms with van der Waals surface area (Å²) >= 11 is 0. The van der Waals surface area contributed by atoms with Crippen molar-refractivity contribution in [1.29, 1.82) is 0 Å². The second-order valence-corrected chi connectivity index (χ2v) is 3.03. The van der Waals surface area contributed by atoms with Gasteiger partial charge in [0.1, 0.15) is 0 Å². The topological polar surface area (TPSA) is 9.23 Å². The molecule has 0 saturated carbocycles. The highest BCUT2D eigenvalue weighted by atomic mass is 19.3. The van der Waals surface area contributed by atoms with Gasteiger partial charge in [-0.05, 0) is 13.8 Å². The molecule has 1 nitrogen and oxygen atoms in total. The van der Waals surface area contributed by atoms with Crippen LogP contribution in [-0.4, -0.2) is 24.8 Å². The quantitative estimate of drug-likeness (QED) is 0.597. The van der Waals surface area contributed by atoms with Crippen molar-refractivity contribution in [2.75, 3.05) is 13.2 Å². The lowest BCUT2D eigenvalue weighted by atomic mass is 9.98. The fraction of sp³-hybridized carbons (Fsp3) is 1.00. The summed E-state index contributed by atoms with van der Waals surface area (Å²) in [4.78, 5) is 0. The van der Waals surface area contributed by atoms with Gasteiger partial charge in [-0.25, -0.2) is 13.2 Å². The van der Waals surface area contributed by atoms with Crippen LogP contribution in [0.4, 0.5) is 13.2 Å². The minimum Gasteiger partial charge on any atom is -0.382 e. The molecule has 1 atom stereocenters. The van der Waals surface area contributed by atoms with Crippen LogP contribution in [0.15, 0.2) is 0 Å². The molecule has 0 amide bonds. The van der Waals surface area contributed by atoms with E-state index in [9.17, 15) is 13.2 Å². The molecule has 74 valence electrons. The first-order chi connectivity index (χ1) is 5.31. The van der Waals surface area contributed by atoms with Crippen LogP contribution in [0.5, 0.6) is 0 Å². The number of ether oxygens (including phenoxy) is 1. The van der Waals surface area contributed by atoms with E-state index < -0.39 is 11.6 Å². The molecule has 0 rings (SSSR count). The Kier molecular flexibility index (Phi) is 4.03. The smallest absolute Gasteiger partial charge is 0.278 e. The van der Waals surface area contributed by atoms with Crippen LogP contribution in [0.1, 0.15) is 27.2 Å². The van der Waals surface area contributed by atoms with Gasteiger partial charge in [0, 0.05) is 26.6 Å². The summed E-state index contributed by atoms with van der Waals surface area (Å²) in [6.45, 7) is 3.67. The fourth-order valence-corrected chi connectivity index (χ4v) is 0.628. The van der Waals surface area contributed by atoms with Crippen LogP contribution in [0.3, 0.4) is 0 Å². The first kappa shape index (κ1) is 11.8. The largest absolute Gasteiger partial charge is 0.382 e. The normalized spacial score (nSPS) is 17.5. The molecule has 0 spiro atoms. The second kappa shape index (κ2) is 4.12. The third kappa shape index (κ3) is 3.43. The predicted molar refractivity (Wildman–Crippen MR) is 41.2 cm³/mol. The molecule has 0 N–H and O–H groups in total. The van der Waals surface area contributed by atoms with Gasteiger partial charge in [0.15, 0.2) is 5.67 Å². The molecule has 0 heterocycles. The lowest BCUT2D eigenvalue weighted by molar-refractivity contribution is -0.124. The second-order valence-electron chi connectivity index (χ2n) is 3.03. The number of alkyl halides is 3. The third-order valence-electron chi connectivity index (χ3n) is 1.84. The standard InChI is InChI=1S/C8H15F3O/c1-4-12-6-5-7(2,9)8(3,10)11/h4-6H2,1-3H3. The molecule has 0 aliphatic heterocycles. The van der Waals surface area contributed by atoms with Crippen molar-refractivity contribution in [3.05, 3.63) is 0 Å². The van der Waals surface area contributed by atoms with Crippen LogP contribution in [-0.2, 0) is 4.74 Å². The van der Waals surface area contributed by atoms with Gasteiger partial charge in [-0.1, -0.05) is 0 Å². The maximum Gasteiger partial charge on any atom is 0.278 e. The fourth-order valence-electron chi connectivity index (χ4n) is 0.628. The minimum absolute atomic E-state index is 0.0347. The first-order valence-corrected chi connectivity index (χ1v) is 3.95. The van der Waals surface area contributed by atoms with Crippen LogP contribution < -0.4 is 0 Å². The van der Waals surface area contributed by atoms with Crippen molar-refractivity contribution in [3.63, 3.8) is 0 Å². The first-order valence-electron chi connectivity index (χ1n) is 3.95. The number of hydrogen-bond acceptors (Lipinski definition) is 1. The maximum atomic E-state index is 13.1. The molecule has 0 bridgehead atoms. The molecule has 0 fully saturated rings. The summed E-state index contributed by atoms with van der Waals surface area (Å²) in [5, 5.41) is 0. The third-order valence-corrected chi connectivity index (χ3v) is 1.84. The van der Waals surface area contributed by atoms with E-state index in [0.29, 0.717) is 13.5 Å². The molecule has 0 aromatic heterocycles. The summed E-state index contributed by atoms with van der Waals surface area (Å²) in [5.41, 5.74) is -2.47. The van der Waals surface area contributed by atoms with Crippen molar-refractivity contribution < 1.29 is 17.9 Å². The Morgan fingerprint density at radius 1 is 1.17 bits per heavy atom. The molecule has 0 saturated heterocycles. The number of rotatable bonds is 5. The van der Waals surface area contributed by atoms with Gasteiger partial charge in [0.2, 0.25) is 0 Å². The van der Waals surface area contributed by atoms with Gasteiger partial charge in [-0.2, -0.15) is 0 Å². The molecule has 0 aliphatic rings. The Balaban J connectivity index is 3.88. The Morgan fingerprint density at radius 3 is 2.00 bits per heavy atom. The predicted octanol–water partition coefficient (Wildman–Crippen LogP) is 2.80. The number of hydrogen-bond donors (Lipinski definition) is 0. The average molecular weight is 184 g/mol. The molecular weight excluding hydrogens is 169 g/mol. The summed E-state index contributed by atoms with van der Waals surface area (Å²) in [6, 6.07) is 0. The molecular formula is C8H15F3O. The van der Waals surface area contributed by atoms with Gasteiger partial charge in [-0.3, -0.25) is 0 Å². The Morgan fingerprint density at radius 2 is 1.67 bits per heavy atom. The Labute approximate surface area is 70.9 Å². The Bertz CT molecular complexity index is 129. The van der Waals surface area contributed by atoms with E-state index in [1.54, 1.807) is 6.92 Å². The van der Waals surface area contributed by atoms with E-state index >= 15 is 0 Å². The van der Waals surface area contributed by atoms with Gasteiger partial charge in [0.05, 0.1) is 0 Å². The Hall–Kier alpha value is -0.250. The maximum absolute atomic E-state index is 13.1. The highest BCUT2D eigenvalue weighted by molar-refractivity contribution is 4.85. The molecule has 0 aromatic rings. The van der Waals surface area contributed by atoms with Gasteiger partial charge in [0.25, 0.3) is 5.92 Å². The summed E-state index contributed by atoms with van der Waals surface area (Å²) in [5.74, 6) is -3.30. The molecule has 0 aromatic carbocycles. The summed E-state index contributed by atoms with van der Waals surface area (Å²) in [6.07, 6.45) is -0.273. The lowest BCUT2D eigenvalue weighted by Gasteiger charge is -2.26. The van der Waals surface area contributed by atoms with Crippen LogP contribution in [0, 0.1) is 0 Å². The van der Waals surface area contributed by atoms with Gasteiger partial charge in [-0.15, -0.1) is 0 Å². The van der Waals surface area contributed by atoms with Crippen molar-refractivity contribution in [3.8, 4) is 0 Å². The van der Waals surface area contributed by atoms with Crippen molar-refractivity contribution >= 4 is 0 Å².